The normalized spacial score (nSPS) is 15.2. The number of hydrogen-bond donors (Lipinski definition) is 2. The van der Waals surface area contributed by atoms with Crippen molar-refractivity contribution in [2.45, 2.75) is 13.8 Å². The Kier molecular flexibility index (Phi) is 4.41. The minimum absolute atomic E-state index is 0.239. The van der Waals surface area contributed by atoms with Gasteiger partial charge in [0, 0.05) is 17.1 Å². The number of carbonyl (C=O) groups excluding carboxylic acids is 2. The first-order valence-corrected chi connectivity index (χ1v) is 8.03. The van der Waals surface area contributed by atoms with Gasteiger partial charge in [0.2, 0.25) is 0 Å². The average molecular weight is 355 g/mol. The molecule has 0 saturated carbocycles. The van der Waals surface area contributed by atoms with Gasteiger partial charge in [-0.1, -0.05) is 0 Å². The Hall–Kier alpha value is -2.93. The second-order valence-electron chi connectivity index (χ2n) is 5.67. The Morgan fingerprint density at radius 2 is 1.88 bits per heavy atom. The number of rotatable bonds is 3. The Morgan fingerprint density at radius 1 is 1.20 bits per heavy atom. The van der Waals surface area contributed by atoms with Crippen LogP contribution in [0, 0.1) is 13.8 Å². The number of thiocarbonyl (C=S) groups is 1. The zero-order valence-corrected chi connectivity index (χ0v) is 14.9. The van der Waals surface area contributed by atoms with Gasteiger partial charge in [-0.3, -0.25) is 10.1 Å². The van der Waals surface area contributed by atoms with Crippen molar-refractivity contribution in [3.63, 3.8) is 0 Å². The van der Waals surface area contributed by atoms with Crippen molar-refractivity contribution in [2.75, 3.05) is 7.11 Å². The highest BCUT2D eigenvalue weighted by Crippen LogP contribution is 2.23. The fourth-order valence-electron chi connectivity index (χ4n) is 2.83. The molecule has 2 N–H and O–H groups in total. The molecule has 1 amide bonds. The van der Waals surface area contributed by atoms with Crippen LogP contribution in [0.5, 0.6) is 0 Å². The van der Waals surface area contributed by atoms with Crippen molar-refractivity contribution in [3.8, 4) is 5.69 Å². The molecule has 0 bridgehead atoms. The van der Waals surface area contributed by atoms with Gasteiger partial charge in [0.15, 0.2) is 5.11 Å². The molecule has 128 valence electrons. The largest absolute Gasteiger partial charge is 0.465 e. The molecule has 0 spiro atoms. The third kappa shape index (κ3) is 3.18. The first kappa shape index (κ1) is 16.9. The van der Waals surface area contributed by atoms with E-state index in [-0.39, 0.29) is 11.9 Å². The summed E-state index contributed by atoms with van der Waals surface area (Å²) in [6.07, 6.45) is 1.77. The maximum Gasteiger partial charge on any atom is 0.337 e. The van der Waals surface area contributed by atoms with E-state index in [9.17, 15) is 9.59 Å². The lowest BCUT2D eigenvalue weighted by Crippen LogP contribution is -2.21. The van der Waals surface area contributed by atoms with Crippen molar-refractivity contribution in [2.24, 2.45) is 0 Å². The summed E-state index contributed by atoms with van der Waals surface area (Å²) in [6.45, 7) is 3.95. The molecule has 7 heteroatoms. The number of amides is 1. The van der Waals surface area contributed by atoms with E-state index in [2.05, 4.69) is 15.2 Å². The molecule has 1 fully saturated rings. The summed E-state index contributed by atoms with van der Waals surface area (Å²) in [5, 5.41) is 5.70. The van der Waals surface area contributed by atoms with Crippen LogP contribution in [0.4, 0.5) is 0 Å². The number of benzene rings is 1. The van der Waals surface area contributed by atoms with Crippen LogP contribution in [0.2, 0.25) is 0 Å². The molecular formula is C18H17N3O3S. The van der Waals surface area contributed by atoms with Crippen LogP contribution in [0.3, 0.4) is 0 Å². The second kappa shape index (κ2) is 6.52. The first-order valence-electron chi connectivity index (χ1n) is 7.62. The van der Waals surface area contributed by atoms with Gasteiger partial charge in [0.25, 0.3) is 5.91 Å². The molecule has 0 unspecified atom stereocenters. The van der Waals surface area contributed by atoms with Crippen LogP contribution in [0.15, 0.2) is 36.0 Å². The second-order valence-corrected chi connectivity index (χ2v) is 6.07. The highest BCUT2D eigenvalue weighted by molar-refractivity contribution is 7.80. The van der Waals surface area contributed by atoms with E-state index in [1.54, 1.807) is 18.2 Å². The zero-order chi connectivity index (χ0) is 18.1. The van der Waals surface area contributed by atoms with E-state index in [1.165, 1.54) is 7.11 Å². The lowest BCUT2D eigenvalue weighted by Gasteiger charge is -2.10. The Bertz CT molecular complexity index is 910. The summed E-state index contributed by atoms with van der Waals surface area (Å²) >= 11 is 4.95. The van der Waals surface area contributed by atoms with Crippen LogP contribution in [0.1, 0.15) is 27.3 Å². The van der Waals surface area contributed by atoms with Crippen molar-refractivity contribution in [3.05, 3.63) is 58.5 Å². The van der Waals surface area contributed by atoms with Gasteiger partial charge in [-0.25, -0.2) is 4.79 Å². The quantitative estimate of drug-likeness (QED) is 0.502. The lowest BCUT2D eigenvalue weighted by atomic mass is 10.2. The SMILES string of the molecule is COC(=O)c1ccc(-n2c(C)cc(/C=C3/NC(=S)NC3=O)c2C)cc1. The number of hydrogen-bond acceptors (Lipinski definition) is 4. The third-order valence-electron chi connectivity index (χ3n) is 4.04. The molecule has 3 rings (SSSR count). The minimum Gasteiger partial charge on any atom is -0.465 e. The highest BCUT2D eigenvalue weighted by Gasteiger charge is 2.21. The Labute approximate surface area is 150 Å². The van der Waals surface area contributed by atoms with Crippen LogP contribution < -0.4 is 10.6 Å². The molecule has 2 heterocycles. The lowest BCUT2D eigenvalue weighted by molar-refractivity contribution is -0.115. The van der Waals surface area contributed by atoms with Crippen molar-refractivity contribution in [1.82, 2.24) is 15.2 Å². The minimum atomic E-state index is -0.368. The fourth-order valence-corrected chi connectivity index (χ4v) is 3.04. The number of nitrogens with one attached hydrogen (secondary N) is 2. The molecular weight excluding hydrogens is 338 g/mol. The zero-order valence-electron chi connectivity index (χ0n) is 14.0. The molecule has 0 atom stereocenters. The maximum atomic E-state index is 11.8. The summed E-state index contributed by atoms with van der Waals surface area (Å²) in [6, 6.07) is 9.16. The van der Waals surface area contributed by atoms with E-state index >= 15 is 0 Å². The van der Waals surface area contributed by atoms with E-state index in [0.29, 0.717) is 16.4 Å². The van der Waals surface area contributed by atoms with Gasteiger partial charge in [-0.05, 0) is 68.0 Å². The molecule has 1 aliphatic rings. The van der Waals surface area contributed by atoms with Gasteiger partial charge in [0.05, 0.1) is 12.7 Å². The summed E-state index contributed by atoms with van der Waals surface area (Å²) in [5.74, 6) is -0.607. The number of nitrogens with zero attached hydrogens (tertiary/aromatic N) is 1. The molecule has 6 nitrogen and oxygen atoms in total. The highest BCUT2D eigenvalue weighted by atomic mass is 32.1. The van der Waals surface area contributed by atoms with Crippen molar-refractivity contribution < 1.29 is 14.3 Å². The van der Waals surface area contributed by atoms with Crippen LogP contribution in [-0.2, 0) is 9.53 Å². The molecule has 0 aliphatic carbocycles. The summed E-state index contributed by atoms with van der Waals surface area (Å²) in [4.78, 5) is 23.4. The van der Waals surface area contributed by atoms with E-state index in [4.69, 9.17) is 17.0 Å². The number of esters is 1. The van der Waals surface area contributed by atoms with Crippen LogP contribution >= 0.6 is 12.2 Å². The number of ether oxygens (including phenoxy) is 1. The van der Waals surface area contributed by atoms with E-state index in [1.807, 2.05) is 32.0 Å². The maximum absolute atomic E-state index is 11.8. The van der Waals surface area contributed by atoms with E-state index in [0.717, 1.165) is 22.6 Å². The number of aryl methyl sites for hydroxylation is 1. The van der Waals surface area contributed by atoms with Gasteiger partial charge in [-0.15, -0.1) is 0 Å². The molecule has 0 radical (unpaired) electrons. The molecule has 1 saturated heterocycles. The van der Waals surface area contributed by atoms with Gasteiger partial charge < -0.3 is 14.6 Å². The van der Waals surface area contributed by atoms with Crippen molar-refractivity contribution >= 4 is 35.3 Å². The Morgan fingerprint density at radius 3 is 2.44 bits per heavy atom. The molecule has 1 aromatic carbocycles. The predicted molar refractivity (Wildman–Crippen MR) is 98.4 cm³/mol. The van der Waals surface area contributed by atoms with Crippen molar-refractivity contribution in [1.29, 1.82) is 0 Å². The van der Waals surface area contributed by atoms with E-state index < -0.39 is 0 Å². The third-order valence-corrected chi connectivity index (χ3v) is 4.24. The van der Waals surface area contributed by atoms with Gasteiger partial charge in [-0.2, -0.15) is 0 Å². The number of methoxy groups -OCH3 is 1. The number of aromatic nitrogens is 1. The van der Waals surface area contributed by atoms with Gasteiger partial charge >= 0.3 is 5.97 Å². The monoisotopic (exact) mass is 355 g/mol. The summed E-state index contributed by atoms with van der Waals surface area (Å²) < 4.78 is 6.77. The fraction of sp³-hybridized carbons (Fsp3) is 0.167. The predicted octanol–water partition coefficient (Wildman–Crippen LogP) is 2.23. The average Bonchev–Trinajstić information content (AvgIpc) is 3.05. The molecule has 1 aliphatic heterocycles. The Balaban J connectivity index is 1.98. The standard InChI is InChI=1S/C18H17N3O3S/c1-10-8-13(9-15-16(22)20-18(25)19-15)11(2)21(10)14-6-4-12(5-7-14)17(23)24-3/h4-9H,1-3H3,(H2,19,20,22,25)/b15-9+. The van der Waals surface area contributed by atoms with Crippen LogP contribution in [-0.4, -0.2) is 28.7 Å². The summed E-state index contributed by atoms with van der Waals surface area (Å²) in [5.41, 5.74) is 4.74. The first-order chi connectivity index (χ1) is 11.9. The smallest absolute Gasteiger partial charge is 0.337 e. The van der Waals surface area contributed by atoms with Gasteiger partial charge in [0.1, 0.15) is 5.70 Å². The number of carbonyl (C=O) groups is 2. The van der Waals surface area contributed by atoms with Crippen LogP contribution in [0.25, 0.3) is 11.8 Å². The topological polar surface area (TPSA) is 72.4 Å². The molecule has 1 aromatic heterocycles. The summed E-state index contributed by atoms with van der Waals surface area (Å²) in [7, 11) is 1.36. The molecule has 25 heavy (non-hydrogen) atoms. The molecule has 2 aromatic rings.